The van der Waals surface area contributed by atoms with Gasteiger partial charge in [0.1, 0.15) is 11.5 Å². The average molecular weight is 528 g/mol. The van der Waals surface area contributed by atoms with Crippen LogP contribution in [-0.4, -0.2) is 32.5 Å². The lowest BCUT2D eigenvalue weighted by Gasteiger charge is -2.30. The number of non-ortho nitro benzene ring substituents is 1. The van der Waals surface area contributed by atoms with Crippen molar-refractivity contribution in [3.05, 3.63) is 98.6 Å². The van der Waals surface area contributed by atoms with E-state index in [9.17, 15) is 24.8 Å². The number of hydrogen-bond acceptors (Lipinski definition) is 8. The Balaban J connectivity index is 1.44. The Morgan fingerprint density at radius 1 is 1.08 bits per heavy atom. The largest absolute Gasteiger partial charge is 0.511 e. The summed E-state index contributed by atoms with van der Waals surface area (Å²) in [5.74, 6) is 0.306. The SMILES string of the molecule is CC1(C)CC(=O)C(C(CCc2noc3c2C(=O)CC(c2ccccc2)C3)=Nc2ccc([N+](=O)[O-])cc2)=C(O)C1. The van der Waals surface area contributed by atoms with Gasteiger partial charge in [-0.25, -0.2) is 0 Å². The number of allylic oxidation sites excluding steroid dienone is 2. The third-order valence-electron chi connectivity index (χ3n) is 7.31. The third kappa shape index (κ3) is 5.57. The standard InChI is InChI=1S/C30H29N3O6/c1-30(2)16-25(35)28(26(36)17-30)22(31-20-8-10-21(11-9-20)33(37)38)12-13-23-29-24(34)14-19(15-27(29)39-32-23)18-6-4-3-5-7-18/h3-11,19,35H,12-17H2,1-2H3. The van der Waals surface area contributed by atoms with Crippen molar-refractivity contribution in [2.45, 2.75) is 58.3 Å². The molecule has 9 heteroatoms. The second-order valence-corrected chi connectivity index (χ2v) is 11.0. The first kappa shape index (κ1) is 26.2. The van der Waals surface area contributed by atoms with E-state index < -0.39 is 4.92 Å². The molecule has 0 spiro atoms. The molecule has 2 aliphatic rings. The van der Waals surface area contributed by atoms with Gasteiger partial charge in [0.15, 0.2) is 11.6 Å². The van der Waals surface area contributed by atoms with Gasteiger partial charge < -0.3 is 9.63 Å². The maximum absolute atomic E-state index is 13.2. The van der Waals surface area contributed by atoms with Crippen molar-refractivity contribution in [2.24, 2.45) is 10.4 Å². The zero-order chi connectivity index (χ0) is 27.7. The van der Waals surface area contributed by atoms with Gasteiger partial charge in [0, 0.05) is 37.8 Å². The predicted molar refractivity (Wildman–Crippen MR) is 145 cm³/mol. The number of aliphatic imine (C=N–C) groups is 1. The molecule has 2 aromatic carbocycles. The van der Waals surface area contributed by atoms with Gasteiger partial charge in [0.05, 0.1) is 33.2 Å². The fourth-order valence-electron chi connectivity index (χ4n) is 5.47. The summed E-state index contributed by atoms with van der Waals surface area (Å²) in [4.78, 5) is 41.5. The molecular formula is C30H29N3O6. The van der Waals surface area contributed by atoms with E-state index in [0.29, 0.717) is 47.7 Å². The smallest absolute Gasteiger partial charge is 0.269 e. The van der Waals surface area contributed by atoms with Crippen LogP contribution in [0.4, 0.5) is 11.4 Å². The van der Waals surface area contributed by atoms with Crippen LogP contribution in [0, 0.1) is 15.5 Å². The molecule has 200 valence electrons. The number of carbonyl (C=O) groups excluding carboxylic acids is 2. The van der Waals surface area contributed by atoms with Crippen LogP contribution in [-0.2, 0) is 17.6 Å². The van der Waals surface area contributed by atoms with Crippen molar-refractivity contribution in [3.63, 3.8) is 0 Å². The molecule has 1 N–H and O–H groups in total. The molecular weight excluding hydrogens is 498 g/mol. The fraction of sp³-hybridized carbons (Fsp3) is 0.333. The van der Waals surface area contributed by atoms with Crippen molar-refractivity contribution in [2.75, 3.05) is 0 Å². The number of benzene rings is 2. The molecule has 0 aliphatic heterocycles. The van der Waals surface area contributed by atoms with Gasteiger partial charge in [0.2, 0.25) is 0 Å². The third-order valence-corrected chi connectivity index (χ3v) is 7.31. The molecule has 9 nitrogen and oxygen atoms in total. The Hall–Kier alpha value is -4.40. The quantitative estimate of drug-likeness (QED) is 0.213. The lowest BCUT2D eigenvalue weighted by atomic mass is 9.75. The summed E-state index contributed by atoms with van der Waals surface area (Å²) in [6.07, 6.45) is 2.00. The van der Waals surface area contributed by atoms with Crippen LogP contribution in [0.5, 0.6) is 0 Å². The predicted octanol–water partition coefficient (Wildman–Crippen LogP) is 6.40. The molecule has 3 aromatic rings. The van der Waals surface area contributed by atoms with Crippen molar-refractivity contribution in [3.8, 4) is 0 Å². The first-order valence-electron chi connectivity index (χ1n) is 12.9. The van der Waals surface area contributed by atoms with Crippen molar-refractivity contribution in [1.29, 1.82) is 0 Å². The number of aliphatic hydroxyl groups excluding tert-OH is 1. The molecule has 0 fully saturated rings. The highest BCUT2D eigenvalue weighted by molar-refractivity contribution is 6.23. The highest BCUT2D eigenvalue weighted by Gasteiger charge is 2.36. The Bertz CT molecular complexity index is 1500. The Labute approximate surface area is 225 Å². The number of hydrogen-bond donors (Lipinski definition) is 1. The molecule has 0 saturated heterocycles. The molecule has 2 aliphatic carbocycles. The normalized spacial score (nSPS) is 19.2. The average Bonchev–Trinajstić information content (AvgIpc) is 3.30. The lowest BCUT2D eigenvalue weighted by molar-refractivity contribution is -0.384. The molecule has 1 heterocycles. The number of Topliss-reactive ketones (excluding diaryl/α,β-unsaturated/α-hetero) is 2. The van der Waals surface area contributed by atoms with Crippen LogP contribution >= 0.6 is 0 Å². The molecule has 0 radical (unpaired) electrons. The fourth-order valence-corrected chi connectivity index (χ4v) is 5.47. The minimum atomic E-state index is -0.497. The summed E-state index contributed by atoms with van der Waals surface area (Å²) in [6.45, 7) is 3.84. The zero-order valence-electron chi connectivity index (χ0n) is 21.8. The summed E-state index contributed by atoms with van der Waals surface area (Å²) >= 11 is 0. The molecule has 1 atom stereocenters. The summed E-state index contributed by atoms with van der Waals surface area (Å²) < 4.78 is 5.61. The van der Waals surface area contributed by atoms with Gasteiger partial charge in [0.25, 0.3) is 5.69 Å². The van der Waals surface area contributed by atoms with E-state index in [-0.39, 0.29) is 59.2 Å². The number of rotatable bonds is 7. The molecule has 39 heavy (non-hydrogen) atoms. The van der Waals surface area contributed by atoms with Gasteiger partial charge in [-0.2, -0.15) is 0 Å². The number of aliphatic hydroxyl groups is 1. The van der Waals surface area contributed by atoms with Crippen LogP contribution in [0.2, 0.25) is 0 Å². The summed E-state index contributed by atoms with van der Waals surface area (Å²) in [5, 5.41) is 26.1. The number of nitro benzene ring substituents is 1. The zero-order valence-corrected chi connectivity index (χ0v) is 21.8. The van der Waals surface area contributed by atoms with E-state index in [0.717, 1.165) is 5.56 Å². The van der Waals surface area contributed by atoms with Gasteiger partial charge >= 0.3 is 0 Å². The molecule has 1 aromatic heterocycles. The molecule has 5 rings (SSSR count). The minimum Gasteiger partial charge on any atom is -0.511 e. The monoisotopic (exact) mass is 527 g/mol. The van der Waals surface area contributed by atoms with Gasteiger partial charge in [-0.3, -0.25) is 24.7 Å². The number of ketones is 2. The van der Waals surface area contributed by atoms with E-state index in [1.165, 1.54) is 24.3 Å². The number of fused-ring (bicyclic) bond motifs is 1. The van der Waals surface area contributed by atoms with E-state index in [1.54, 1.807) is 0 Å². The Kier molecular flexibility index (Phi) is 6.99. The minimum absolute atomic E-state index is 0.0246. The first-order valence-corrected chi connectivity index (χ1v) is 12.9. The van der Waals surface area contributed by atoms with Crippen LogP contribution in [0.3, 0.4) is 0 Å². The Morgan fingerprint density at radius 2 is 1.79 bits per heavy atom. The van der Waals surface area contributed by atoms with Gasteiger partial charge in [-0.05, 0) is 41.9 Å². The highest BCUT2D eigenvalue weighted by Crippen LogP contribution is 2.38. The maximum Gasteiger partial charge on any atom is 0.269 e. The van der Waals surface area contributed by atoms with Crippen molar-refractivity contribution >= 4 is 28.7 Å². The summed E-state index contributed by atoms with van der Waals surface area (Å²) in [5.41, 5.74) is 2.55. The van der Waals surface area contributed by atoms with Crippen molar-refractivity contribution in [1.82, 2.24) is 5.16 Å². The molecule has 0 saturated carbocycles. The van der Waals surface area contributed by atoms with E-state index in [1.807, 2.05) is 44.2 Å². The van der Waals surface area contributed by atoms with Crippen LogP contribution in [0.25, 0.3) is 0 Å². The van der Waals surface area contributed by atoms with Gasteiger partial charge in [-0.15, -0.1) is 0 Å². The number of aryl methyl sites for hydroxylation is 1. The number of nitro groups is 1. The number of aromatic nitrogens is 1. The van der Waals surface area contributed by atoms with Crippen LogP contribution in [0.15, 0.2) is 75.4 Å². The van der Waals surface area contributed by atoms with E-state index in [2.05, 4.69) is 10.1 Å². The second kappa shape index (κ2) is 10.4. The van der Waals surface area contributed by atoms with E-state index >= 15 is 0 Å². The summed E-state index contributed by atoms with van der Waals surface area (Å²) in [7, 11) is 0. The lowest BCUT2D eigenvalue weighted by Crippen LogP contribution is -2.29. The Morgan fingerprint density at radius 3 is 2.46 bits per heavy atom. The maximum atomic E-state index is 13.2. The van der Waals surface area contributed by atoms with Crippen LogP contribution < -0.4 is 0 Å². The van der Waals surface area contributed by atoms with Crippen LogP contribution in [0.1, 0.15) is 72.8 Å². The molecule has 0 amide bonds. The topological polar surface area (TPSA) is 136 Å². The highest BCUT2D eigenvalue weighted by atomic mass is 16.6. The molecule has 0 bridgehead atoms. The second-order valence-electron chi connectivity index (χ2n) is 11.0. The van der Waals surface area contributed by atoms with E-state index in [4.69, 9.17) is 4.52 Å². The summed E-state index contributed by atoms with van der Waals surface area (Å²) in [6, 6.07) is 15.5. The molecule has 1 unspecified atom stereocenters. The number of nitrogens with zero attached hydrogens (tertiary/aromatic N) is 3. The van der Waals surface area contributed by atoms with Crippen molar-refractivity contribution < 1.29 is 24.1 Å². The number of carbonyl (C=O) groups is 2. The first-order chi connectivity index (χ1) is 18.6. The van der Waals surface area contributed by atoms with Gasteiger partial charge in [-0.1, -0.05) is 49.3 Å².